The maximum absolute atomic E-state index is 8.64. The molecule has 1 saturated carbocycles. The van der Waals surface area contributed by atoms with E-state index in [0.717, 1.165) is 12.5 Å². The zero-order valence-electron chi connectivity index (χ0n) is 9.45. The van der Waals surface area contributed by atoms with Crippen molar-refractivity contribution in [2.45, 2.75) is 25.3 Å². The first-order valence-electron chi connectivity index (χ1n) is 5.85. The maximum Gasteiger partial charge on any atom is 0.226 e. The van der Waals surface area contributed by atoms with E-state index in [9.17, 15) is 0 Å². The Morgan fingerprint density at radius 1 is 1.53 bits per heavy atom. The highest BCUT2D eigenvalue weighted by Crippen LogP contribution is 2.38. The number of hydrogen-bond acceptors (Lipinski definition) is 5. The van der Waals surface area contributed by atoms with Crippen molar-refractivity contribution in [2.24, 2.45) is 16.8 Å². The molecule has 1 aliphatic heterocycles. The molecule has 2 aliphatic rings. The number of amidine groups is 1. The third-order valence-electron chi connectivity index (χ3n) is 3.68. The van der Waals surface area contributed by atoms with Crippen LogP contribution in [0.5, 0.6) is 0 Å². The molecule has 2 unspecified atom stereocenters. The van der Waals surface area contributed by atoms with E-state index in [0.29, 0.717) is 17.7 Å². The van der Waals surface area contributed by atoms with Crippen molar-refractivity contribution in [3.63, 3.8) is 0 Å². The summed E-state index contributed by atoms with van der Waals surface area (Å²) in [5.41, 5.74) is 6.00. The number of fused-ring (bicyclic) bond motifs is 2. The SMILES string of the molecule is N/C(=N/O)c1ccnc(N2CC3CCC2C3)n1. The van der Waals surface area contributed by atoms with E-state index in [4.69, 9.17) is 10.9 Å². The third-order valence-corrected chi connectivity index (χ3v) is 3.68. The number of rotatable bonds is 2. The Balaban J connectivity index is 1.89. The van der Waals surface area contributed by atoms with Crippen LogP contribution in [0.25, 0.3) is 0 Å². The lowest BCUT2D eigenvalue weighted by Crippen LogP contribution is -2.33. The lowest BCUT2D eigenvalue weighted by molar-refractivity contribution is 0.318. The number of piperidine rings is 1. The molecule has 17 heavy (non-hydrogen) atoms. The van der Waals surface area contributed by atoms with Crippen LogP contribution in [-0.4, -0.2) is 33.6 Å². The number of hydrogen-bond donors (Lipinski definition) is 2. The van der Waals surface area contributed by atoms with Crippen LogP contribution >= 0.6 is 0 Å². The molecule has 90 valence electrons. The van der Waals surface area contributed by atoms with Crippen LogP contribution in [0.3, 0.4) is 0 Å². The first-order chi connectivity index (χ1) is 8.28. The summed E-state index contributed by atoms with van der Waals surface area (Å²) in [4.78, 5) is 10.9. The summed E-state index contributed by atoms with van der Waals surface area (Å²) in [6, 6.07) is 2.22. The van der Waals surface area contributed by atoms with E-state index in [2.05, 4.69) is 20.0 Å². The molecule has 1 aromatic rings. The number of nitrogens with zero attached hydrogens (tertiary/aromatic N) is 4. The molecule has 1 saturated heterocycles. The number of aromatic nitrogens is 2. The normalized spacial score (nSPS) is 27.8. The molecular weight excluding hydrogens is 218 g/mol. The third kappa shape index (κ3) is 1.69. The van der Waals surface area contributed by atoms with Gasteiger partial charge in [-0.1, -0.05) is 5.16 Å². The summed E-state index contributed by atoms with van der Waals surface area (Å²) in [6.45, 7) is 1.03. The summed E-state index contributed by atoms with van der Waals surface area (Å²) in [7, 11) is 0. The molecule has 0 aromatic carbocycles. The van der Waals surface area contributed by atoms with E-state index in [1.165, 1.54) is 19.3 Å². The predicted molar refractivity (Wildman–Crippen MR) is 63.0 cm³/mol. The molecule has 3 rings (SSSR count). The van der Waals surface area contributed by atoms with Crippen LogP contribution in [0.2, 0.25) is 0 Å². The lowest BCUT2D eigenvalue weighted by Gasteiger charge is -2.26. The second-order valence-corrected chi connectivity index (χ2v) is 4.71. The van der Waals surface area contributed by atoms with Crippen LogP contribution in [0.4, 0.5) is 5.95 Å². The lowest BCUT2D eigenvalue weighted by atomic mass is 10.1. The quantitative estimate of drug-likeness (QED) is 0.337. The summed E-state index contributed by atoms with van der Waals surface area (Å²) in [5, 5.41) is 11.6. The number of nitrogens with two attached hydrogens (primary N) is 1. The molecule has 2 bridgehead atoms. The minimum Gasteiger partial charge on any atom is -0.409 e. The van der Waals surface area contributed by atoms with Gasteiger partial charge in [-0.15, -0.1) is 0 Å². The van der Waals surface area contributed by atoms with E-state index >= 15 is 0 Å². The number of oxime groups is 1. The van der Waals surface area contributed by atoms with Gasteiger partial charge in [0.15, 0.2) is 5.84 Å². The first kappa shape index (κ1) is 10.3. The van der Waals surface area contributed by atoms with E-state index in [1.807, 2.05) is 0 Å². The van der Waals surface area contributed by atoms with Gasteiger partial charge in [-0.2, -0.15) is 0 Å². The molecule has 6 heteroatoms. The summed E-state index contributed by atoms with van der Waals surface area (Å²) >= 11 is 0. The Hall–Kier alpha value is -1.85. The van der Waals surface area contributed by atoms with Gasteiger partial charge in [-0.25, -0.2) is 9.97 Å². The molecular formula is C11H15N5O. The van der Waals surface area contributed by atoms with E-state index in [-0.39, 0.29) is 5.84 Å². The second-order valence-electron chi connectivity index (χ2n) is 4.71. The van der Waals surface area contributed by atoms with Crippen molar-refractivity contribution < 1.29 is 5.21 Å². The highest BCUT2D eigenvalue weighted by molar-refractivity contribution is 5.95. The molecule has 0 spiro atoms. The maximum atomic E-state index is 8.64. The Morgan fingerprint density at radius 3 is 3.06 bits per heavy atom. The highest BCUT2D eigenvalue weighted by Gasteiger charge is 2.39. The predicted octanol–water partition coefficient (Wildman–Crippen LogP) is 0.560. The van der Waals surface area contributed by atoms with Gasteiger partial charge in [0.25, 0.3) is 0 Å². The standard InChI is InChI=1S/C11H15N5O/c12-10(15-17)9-3-4-13-11(14-9)16-6-7-1-2-8(16)5-7/h3-4,7-8,17H,1-2,5-6H2,(H2,12,15). The largest absolute Gasteiger partial charge is 0.409 e. The minimum atomic E-state index is 0.0259. The Morgan fingerprint density at radius 2 is 2.41 bits per heavy atom. The molecule has 2 heterocycles. The fourth-order valence-corrected chi connectivity index (χ4v) is 2.85. The van der Waals surface area contributed by atoms with Gasteiger partial charge in [-0.3, -0.25) is 0 Å². The molecule has 3 N–H and O–H groups in total. The van der Waals surface area contributed by atoms with Gasteiger partial charge < -0.3 is 15.8 Å². The Bertz CT molecular complexity index is 461. The summed E-state index contributed by atoms with van der Waals surface area (Å²) in [5.74, 6) is 1.51. The zero-order valence-corrected chi connectivity index (χ0v) is 9.45. The van der Waals surface area contributed by atoms with Gasteiger partial charge in [0.1, 0.15) is 5.69 Å². The first-order valence-corrected chi connectivity index (χ1v) is 5.85. The second kappa shape index (κ2) is 3.87. The molecule has 0 amide bonds. The van der Waals surface area contributed by atoms with E-state index in [1.54, 1.807) is 12.3 Å². The molecule has 0 radical (unpaired) electrons. The Labute approximate surface area is 99.2 Å². The number of anilines is 1. The highest BCUT2D eigenvalue weighted by atomic mass is 16.4. The van der Waals surface area contributed by atoms with Crippen LogP contribution in [-0.2, 0) is 0 Å². The van der Waals surface area contributed by atoms with Gasteiger partial charge in [0.2, 0.25) is 5.95 Å². The van der Waals surface area contributed by atoms with Crippen LogP contribution in [0.1, 0.15) is 25.0 Å². The van der Waals surface area contributed by atoms with E-state index < -0.39 is 0 Å². The average molecular weight is 233 g/mol. The smallest absolute Gasteiger partial charge is 0.226 e. The molecule has 6 nitrogen and oxygen atoms in total. The molecule has 1 aliphatic carbocycles. The minimum absolute atomic E-state index is 0.0259. The van der Waals surface area contributed by atoms with Crippen LogP contribution in [0.15, 0.2) is 17.4 Å². The fourth-order valence-electron chi connectivity index (χ4n) is 2.85. The average Bonchev–Trinajstić information content (AvgIpc) is 3.00. The molecule has 1 aromatic heterocycles. The Kier molecular flexibility index (Phi) is 2.35. The van der Waals surface area contributed by atoms with Gasteiger partial charge in [-0.05, 0) is 31.2 Å². The van der Waals surface area contributed by atoms with Gasteiger partial charge in [0, 0.05) is 18.8 Å². The van der Waals surface area contributed by atoms with Crippen molar-refractivity contribution in [1.29, 1.82) is 0 Å². The van der Waals surface area contributed by atoms with Gasteiger partial charge >= 0.3 is 0 Å². The van der Waals surface area contributed by atoms with Crippen molar-refractivity contribution >= 4 is 11.8 Å². The fraction of sp³-hybridized carbons (Fsp3) is 0.545. The van der Waals surface area contributed by atoms with Crippen molar-refractivity contribution in [2.75, 3.05) is 11.4 Å². The topological polar surface area (TPSA) is 87.6 Å². The monoisotopic (exact) mass is 233 g/mol. The van der Waals surface area contributed by atoms with Crippen molar-refractivity contribution in [1.82, 2.24) is 9.97 Å². The van der Waals surface area contributed by atoms with Crippen LogP contribution in [0, 0.1) is 5.92 Å². The van der Waals surface area contributed by atoms with Gasteiger partial charge in [0.05, 0.1) is 0 Å². The molecule has 2 atom stereocenters. The summed E-state index contributed by atoms with van der Waals surface area (Å²) in [6.07, 6.45) is 5.45. The summed E-state index contributed by atoms with van der Waals surface area (Å²) < 4.78 is 0. The zero-order chi connectivity index (χ0) is 11.8. The molecule has 2 fully saturated rings. The van der Waals surface area contributed by atoms with Crippen LogP contribution < -0.4 is 10.6 Å². The van der Waals surface area contributed by atoms with Crippen molar-refractivity contribution in [3.05, 3.63) is 18.0 Å². The van der Waals surface area contributed by atoms with Crippen molar-refractivity contribution in [3.8, 4) is 0 Å².